The zero-order valence-corrected chi connectivity index (χ0v) is 5.17. The fraction of sp³-hybridized carbons (Fsp3) is 0.500. The van der Waals surface area contributed by atoms with E-state index in [1.165, 1.54) is 0 Å². The lowest BCUT2D eigenvalue weighted by Gasteiger charge is -2.05. The Kier molecular flexibility index (Phi) is 2.95. The Morgan fingerprint density at radius 2 is 2.33 bits per heavy atom. The molecule has 0 atom stereocenters. The fourth-order valence-electron chi connectivity index (χ4n) is 0.862. The topological polar surface area (TPSA) is 48.8 Å². The van der Waals surface area contributed by atoms with E-state index in [0.29, 0.717) is 6.42 Å². The molecule has 0 aliphatic carbocycles. The Balaban J connectivity index is 0.000000640. The van der Waals surface area contributed by atoms with Crippen molar-refractivity contribution in [2.24, 2.45) is 0 Å². The standard InChI is InChI=1S/C6H9NO.O/c1-2-7-5-3-4-6(7)8;/h2H,1,3-5H2;. The molecule has 1 aliphatic heterocycles. The van der Waals surface area contributed by atoms with Gasteiger partial charge in [-0.05, 0) is 12.6 Å². The van der Waals surface area contributed by atoms with Gasteiger partial charge in [0.1, 0.15) is 0 Å². The number of hydrogen-bond donors (Lipinski definition) is 0. The van der Waals surface area contributed by atoms with Gasteiger partial charge in [-0.15, -0.1) is 0 Å². The summed E-state index contributed by atoms with van der Waals surface area (Å²) in [6.45, 7) is 4.36. The Labute approximate surface area is 54.3 Å². The molecule has 1 rings (SSSR count). The van der Waals surface area contributed by atoms with E-state index in [4.69, 9.17) is 0 Å². The minimum atomic E-state index is 0. The Hall–Kier alpha value is -0.830. The van der Waals surface area contributed by atoms with Gasteiger partial charge in [0.15, 0.2) is 0 Å². The van der Waals surface area contributed by atoms with Crippen molar-refractivity contribution in [3.05, 3.63) is 12.8 Å². The molecule has 0 N–H and O–H groups in total. The van der Waals surface area contributed by atoms with E-state index >= 15 is 0 Å². The first-order chi connectivity index (χ1) is 3.84. The second-order valence-corrected chi connectivity index (χ2v) is 1.87. The SMILES string of the molecule is C=CN1CCCC1=O.[O]. The molecule has 9 heavy (non-hydrogen) atoms. The van der Waals surface area contributed by atoms with Crippen LogP contribution in [0.3, 0.4) is 0 Å². The van der Waals surface area contributed by atoms with Crippen molar-refractivity contribution >= 4 is 5.91 Å². The van der Waals surface area contributed by atoms with E-state index in [1.807, 2.05) is 0 Å². The van der Waals surface area contributed by atoms with Gasteiger partial charge >= 0.3 is 0 Å². The van der Waals surface area contributed by atoms with Gasteiger partial charge in [-0.1, -0.05) is 6.58 Å². The van der Waals surface area contributed by atoms with Crippen LogP contribution in [0, 0.1) is 0 Å². The first kappa shape index (κ1) is 8.17. The highest BCUT2D eigenvalue weighted by Gasteiger charge is 2.15. The minimum Gasteiger partial charge on any atom is -0.320 e. The highest BCUT2D eigenvalue weighted by atomic mass is 16.2. The maximum atomic E-state index is 10.7. The van der Waals surface area contributed by atoms with Crippen LogP contribution < -0.4 is 0 Å². The Morgan fingerprint density at radius 3 is 2.56 bits per heavy atom. The average Bonchev–Trinajstić information content (AvgIpc) is 2.14. The van der Waals surface area contributed by atoms with Crippen LogP contribution in [0.15, 0.2) is 12.8 Å². The highest BCUT2D eigenvalue weighted by molar-refractivity contribution is 5.78. The zero-order valence-electron chi connectivity index (χ0n) is 5.17. The van der Waals surface area contributed by atoms with Gasteiger partial charge in [-0.2, -0.15) is 0 Å². The zero-order chi connectivity index (χ0) is 5.98. The first-order valence-corrected chi connectivity index (χ1v) is 2.76. The van der Waals surface area contributed by atoms with Crippen molar-refractivity contribution in [2.45, 2.75) is 12.8 Å². The second-order valence-electron chi connectivity index (χ2n) is 1.87. The number of carbonyl (C=O) groups excluding carboxylic acids is 1. The molecule has 1 aliphatic rings. The van der Waals surface area contributed by atoms with Crippen LogP contribution in [0.5, 0.6) is 0 Å². The van der Waals surface area contributed by atoms with Crippen LogP contribution in [0.4, 0.5) is 0 Å². The van der Waals surface area contributed by atoms with Crippen molar-refractivity contribution in [3.63, 3.8) is 0 Å². The lowest BCUT2D eigenvalue weighted by molar-refractivity contribution is -0.125. The smallest absolute Gasteiger partial charge is 0.226 e. The van der Waals surface area contributed by atoms with Gasteiger partial charge < -0.3 is 4.90 Å². The summed E-state index contributed by atoms with van der Waals surface area (Å²) in [5.41, 5.74) is 0. The molecule has 1 heterocycles. The van der Waals surface area contributed by atoms with Gasteiger partial charge in [0.2, 0.25) is 5.91 Å². The molecule has 0 spiro atoms. The molecule has 3 nitrogen and oxygen atoms in total. The average molecular weight is 127 g/mol. The Morgan fingerprint density at radius 1 is 1.67 bits per heavy atom. The maximum Gasteiger partial charge on any atom is 0.226 e. The fourth-order valence-corrected chi connectivity index (χ4v) is 0.862. The van der Waals surface area contributed by atoms with E-state index in [1.54, 1.807) is 11.1 Å². The maximum absolute atomic E-state index is 10.7. The predicted octanol–water partition coefficient (Wildman–Crippen LogP) is 0.633. The van der Waals surface area contributed by atoms with E-state index < -0.39 is 0 Å². The van der Waals surface area contributed by atoms with Gasteiger partial charge in [0.05, 0.1) is 0 Å². The third-order valence-corrected chi connectivity index (χ3v) is 1.33. The van der Waals surface area contributed by atoms with Crippen LogP contribution >= 0.6 is 0 Å². The van der Waals surface area contributed by atoms with E-state index in [9.17, 15) is 4.79 Å². The summed E-state index contributed by atoms with van der Waals surface area (Å²) in [5, 5.41) is 0. The summed E-state index contributed by atoms with van der Waals surface area (Å²) in [6.07, 6.45) is 3.28. The largest absolute Gasteiger partial charge is 0.320 e. The molecule has 50 valence electrons. The van der Waals surface area contributed by atoms with E-state index in [-0.39, 0.29) is 11.4 Å². The molecular formula is C6H9NO2. The summed E-state index contributed by atoms with van der Waals surface area (Å²) in [4.78, 5) is 12.3. The van der Waals surface area contributed by atoms with Crippen LogP contribution in [0.2, 0.25) is 0 Å². The Bertz CT molecular complexity index is 122. The number of nitrogens with zero attached hydrogens (tertiary/aromatic N) is 1. The minimum absolute atomic E-state index is 0. The third kappa shape index (κ3) is 1.54. The number of carbonyl (C=O) groups is 1. The third-order valence-electron chi connectivity index (χ3n) is 1.33. The monoisotopic (exact) mass is 127 g/mol. The molecule has 0 aromatic carbocycles. The van der Waals surface area contributed by atoms with Crippen LogP contribution in [-0.2, 0) is 10.3 Å². The van der Waals surface area contributed by atoms with E-state index in [0.717, 1.165) is 13.0 Å². The van der Waals surface area contributed by atoms with Gasteiger partial charge in [-0.3, -0.25) is 4.79 Å². The number of hydrogen-bond acceptors (Lipinski definition) is 1. The van der Waals surface area contributed by atoms with Gasteiger partial charge in [0.25, 0.3) is 0 Å². The van der Waals surface area contributed by atoms with Crippen molar-refractivity contribution in [2.75, 3.05) is 6.54 Å². The lowest BCUT2D eigenvalue weighted by Crippen LogP contribution is -2.16. The molecule has 0 aromatic heterocycles. The molecule has 1 fully saturated rings. The number of rotatable bonds is 1. The molecule has 2 radical (unpaired) electrons. The van der Waals surface area contributed by atoms with Gasteiger partial charge in [0, 0.05) is 18.4 Å². The summed E-state index contributed by atoms with van der Waals surface area (Å²) >= 11 is 0. The summed E-state index contributed by atoms with van der Waals surface area (Å²) in [6, 6.07) is 0. The summed E-state index contributed by atoms with van der Waals surface area (Å²) in [5.74, 6) is 0.208. The van der Waals surface area contributed by atoms with Crippen molar-refractivity contribution in [1.29, 1.82) is 0 Å². The van der Waals surface area contributed by atoms with Crippen molar-refractivity contribution in [3.8, 4) is 0 Å². The van der Waals surface area contributed by atoms with Crippen molar-refractivity contribution < 1.29 is 10.3 Å². The molecule has 1 amide bonds. The van der Waals surface area contributed by atoms with Gasteiger partial charge in [-0.25, -0.2) is 0 Å². The number of amides is 1. The number of likely N-dealkylation sites (tertiary alicyclic amines) is 1. The predicted molar refractivity (Wildman–Crippen MR) is 31.8 cm³/mol. The quantitative estimate of drug-likeness (QED) is 0.509. The summed E-state index contributed by atoms with van der Waals surface area (Å²) in [7, 11) is 0. The molecule has 3 heteroatoms. The second kappa shape index (κ2) is 3.25. The first-order valence-electron chi connectivity index (χ1n) is 2.76. The van der Waals surface area contributed by atoms with Crippen LogP contribution in [-0.4, -0.2) is 17.4 Å². The van der Waals surface area contributed by atoms with Crippen molar-refractivity contribution in [1.82, 2.24) is 4.90 Å². The molecule has 1 saturated heterocycles. The molecular weight excluding hydrogens is 118 g/mol. The normalized spacial score (nSPS) is 17.3. The molecule has 0 saturated carbocycles. The molecule has 0 aromatic rings. The van der Waals surface area contributed by atoms with Crippen LogP contribution in [0.25, 0.3) is 0 Å². The lowest BCUT2D eigenvalue weighted by atomic mass is 10.4. The molecule has 0 bridgehead atoms. The highest BCUT2D eigenvalue weighted by Crippen LogP contribution is 2.08. The van der Waals surface area contributed by atoms with E-state index in [2.05, 4.69) is 6.58 Å². The molecule has 0 unspecified atom stereocenters. The van der Waals surface area contributed by atoms with Crippen LogP contribution in [0.1, 0.15) is 12.8 Å². The summed E-state index contributed by atoms with van der Waals surface area (Å²) < 4.78 is 0.